The van der Waals surface area contributed by atoms with Gasteiger partial charge in [-0.05, 0) is 82.7 Å². The maximum Gasteiger partial charge on any atom is 0.257 e. The van der Waals surface area contributed by atoms with Crippen LogP contribution in [0.4, 0.5) is 0 Å². The van der Waals surface area contributed by atoms with E-state index in [4.69, 9.17) is 15.0 Å². The van der Waals surface area contributed by atoms with Crippen LogP contribution in [0.2, 0.25) is 0 Å². The van der Waals surface area contributed by atoms with E-state index in [9.17, 15) is 9.59 Å². The van der Waals surface area contributed by atoms with Crippen LogP contribution in [0.25, 0.3) is 88.9 Å². The van der Waals surface area contributed by atoms with Gasteiger partial charge in [0.2, 0.25) is 0 Å². The molecule has 0 radical (unpaired) electrons. The third-order valence-corrected chi connectivity index (χ3v) is 13.3. The molecular weight excluding hydrogens is 925 g/mol. The molecule has 5 N–H and O–H groups in total. The fourth-order valence-electron chi connectivity index (χ4n) is 8.88. The zero-order valence-corrected chi connectivity index (χ0v) is 40.5. The number of aromatic amines is 3. The van der Waals surface area contributed by atoms with Crippen molar-refractivity contribution in [1.29, 1.82) is 0 Å². The van der Waals surface area contributed by atoms with E-state index in [1.807, 2.05) is 115 Å². The van der Waals surface area contributed by atoms with Crippen LogP contribution in [-0.4, -0.2) is 39.5 Å². The lowest BCUT2D eigenvalue weighted by atomic mass is 9.97. The summed E-state index contributed by atoms with van der Waals surface area (Å²) < 4.78 is 3.93. The molecule has 0 aliphatic carbocycles. The van der Waals surface area contributed by atoms with Crippen LogP contribution in [0.1, 0.15) is 35.5 Å². The van der Waals surface area contributed by atoms with Gasteiger partial charge in [0.1, 0.15) is 11.5 Å². The van der Waals surface area contributed by atoms with Crippen LogP contribution in [0.3, 0.4) is 0 Å². The molecule has 1 atom stereocenters. The van der Waals surface area contributed by atoms with Crippen LogP contribution in [0.5, 0.6) is 0 Å². The van der Waals surface area contributed by atoms with E-state index in [2.05, 4.69) is 115 Å². The van der Waals surface area contributed by atoms with E-state index >= 15 is 0 Å². The third-order valence-electron chi connectivity index (χ3n) is 12.8. The third kappa shape index (κ3) is 10.4. The number of rotatable bonds is 13. The Bertz CT molecular complexity index is 3900. The van der Waals surface area contributed by atoms with Gasteiger partial charge in [-0.1, -0.05) is 150 Å². The first-order valence-corrected chi connectivity index (χ1v) is 24.8. The van der Waals surface area contributed by atoms with Crippen molar-refractivity contribution in [2.24, 2.45) is 0 Å². The largest absolute Gasteiger partial charge is 0.341 e. The number of H-pyrrole nitrogens is 3. The van der Waals surface area contributed by atoms with Crippen molar-refractivity contribution in [3.63, 3.8) is 0 Å². The maximum atomic E-state index is 12.4. The second kappa shape index (κ2) is 21.1. The number of benzene rings is 6. The number of pyridine rings is 4. The average molecular weight is 973 g/mol. The topological polar surface area (TPSA) is 170 Å². The molecular formula is C60H48N10O2S. The van der Waals surface area contributed by atoms with Gasteiger partial charge in [0.25, 0.3) is 11.1 Å². The van der Waals surface area contributed by atoms with E-state index in [1.165, 1.54) is 28.2 Å². The minimum absolute atomic E-state index is 0.0852. The van der Waals surface area contributed by atoms with Crippen molar-refractivity contribution < 1.29 is 0 Å². The highest BCUT2D eigenvalue weighted by atomic mass is 32.1. The van der Waals surface area contributed by atoms with Gasteiger partial charge in [0.15, 0.2) is 0 Å². The van der Waals surface area contributed by atoms with Crippen molar-refractivity contribution in [1.82, 2.24) is 50.1 Å². The van der Waals surface area contributed by atoms with Gasteiger partial charge in [-0.25, -0.2) is 15.0 Å². The molecule has 12 aromatic rings. The molecule has 73 heavy (non-hydrogen) atoms. The smallest absolute Gasteiger partial charge is 0.257 e. The van der Waals surface area contributed by atoms with Gasteiger partial charge >= 0.3 is 0 Å². The summed E-state index contributed by atoms with van der Waals surface area (Å²) in [4.78, 5) is 48.2. The number of fused-ring (bicyclic) bond motifs is 3. The predicted molar refractivity (Wildman–Crippen MR) is 294 cm³/mol. The van der Waals surface area contributed by atoms with Crippen LogP contribution < -0.4 is 21.8 Å². The molecule has 0 fully saturated rings. The SMILES string of the molecule is CC(NCc1ccc(-c2nc3cc[nH]c(=O)c3cc2-c2ccccc2)cc1)c1nc2ccccc2[nH]1.O=c1[nH]ccc2nc(-c3ccc(CNCc4ccc(-c5csnn5)cc4)cc3)c(-c3ccccc3)cc12. The lowest BCUT2D eigenvalue weighted by Crippen LogP contribution is -2.19. The van der Waals surface area contributed by atoms with Gasteiger partial charge in [-0.15, -0.1) is 5.10 Å². The minimum atomic E-state index is -0.135. The monoisotopic (exact) mass is 972 g/mol. The number of nitrogens with zero attached hydrogens (tertiary/aromatic N) is 5. The molecule has 12 nitrogen and oxygen atoms in total. The molecule has 0 aliphatic rings. The molecule has 0 spiro atoms. The Kier molecular flexibility index (Phi) is 13.4. The summed E-state index contributed by atoms with van der Waals surface area (Å²) in [5, 5.41) is 14.3. The van der Waals surface area contributed by atoms with Gasteiger partial charge in [0, 0.05) is 65.2 Å². The summed E-state index contributed by atoms with van der Waals surface area (Å²) in [7, 11) is 0. The highest BCUT2D eigenvalue weighted by Crippen LogP contribution is 2.34. The highest BCUT2D eigenvalue weighted by Gasteiger charge is 2.16. The molecule has 12 rings (SSSR count). The average Bonchev–Trinajstić information content (AvgIpc) is 4.15. The van der Waals surface area contributed by atoms with E-state index in [0.29, 0.717) is 28.4 Å². The van der Waals surface area contributed by atoms with E-state index in [0.717, 1.165) is 86.0 Å². The van der Waals surface area contributed by atoms with Gasteiger partial charge < -0.3 is 25.6 Å². The van der Waals surface area contributed by atoms with Crippen molar-refractivity contribution in [3.8, 4) is 56.0 Å². The Balaban J connectivity index is 0.000000157. The van der Waals surface area contributed by atoms with Gasteiger partial charge in [-0.2, -0.15) is 0 Å². The van der Waals surface area contributed by atoms with Crippen LogP contribution in [0, 0.1) is 0 Å². The van der Waals surface area contributed by atoms with E-state index < -0.39 is 0 Å². The van der Waals surface area contributed by atoms with E-state index in [-0.39, 0.29) is 17.2 Å². The number of para-hydroxylation sites is 2. The molecule has 0 aliphatic heterocycles. The summed E-state index contributed by atoms with van der Waals surface area (Å²) in [6.45, 7) is 4.35. The number of aromatic nitrogens is 8. The molecule has 0 bridgehead atoms. The summed E-state index contributed by atoms with van der Waals surface area (Å²) in [6, 6.07) is 61.1. The fraction of sp³-hybridized carbons (Fsp3) is 0.0833. The number of imidazole rings is 1. The minimum Gasteiger partial charge on any atom is -0.341 e. The van der Waals surface area contributed by atoms with Crippen LogP contribution >= 0.6 is 11.5 Å². The van der Waals surface area contributed by atoms with Crippen molar-refractivity contribution >= 4 is 44.4 Å². The first-order chi connectivity index (χ1) is 35.9. The Morgan fingerprint density at radius 2 is 1.00 bits per heavy atom. The second-order valence-electron chi connectivity index (χ2n) is 17.7. The van der Waals surface area contributed by atoms with Crippen molar-refractivity contribution in [2.75, 3.05) is 0 Å². The zero-order valence-electron chi connectivity index (χ0n) is 39.7. The number of hydrogen-bond acceptors (Lipinski definition) is 10. The zero-order chi connectivity index (χ0) is 49.5. The lowest BCUT2D eigenvalue weighted by Gasteiger charge is -2.13. The normalized spacial score (nSPS) is 11.7. The molecule has 0 saturated heterocycles. The summed E-state index contributed by atoms with van der Waals surface area (Å²) in [5.74, 6) is 0.927. The molecule has 0 amide bonds. The first-order valence-electron chi connectivity index (χ1n) is 24.0. The van der Waals surface area contributed by atoms with Crippen LogP contribution in [-0.2, 0) is 19.6 Å². The van der Waals surface area contributed by atoms with Gasteiger partial charge in [0.05, 0.1) is 50.3 Å². The Morgan fingerprint density at radius 1 is 0.507 bits per heavy atom. The predicted octanol–water partition coefficient (Wildman–Crippen LogP) is 12.0. The molecule has 6 aromatic heterocycles. The standard InChI is InChI=1S/C30H23N5OS.C30H25N5O/c36-30-26-16-25(22-4-2-1-3-5-22)29(33-27(26)14-15-32-30)24-12-8-21(9-13-24)18-31-17-20-6-10-23(11-7-20)28-19-37-35-34-28;1-19(29-34-26-9-5-6-10-27(26)35-29)32-18-20-11-13-22(14-12-20)28-23(21-7-3-2-4-8-21)17-24-25(33-28)15-16-31-30(24)36/h1-16,19,31H,17-18H2,(H,32,36);2-17,19,32H,18H2,1H3,(H,31,36)(H,34,35). The Morgan fingerprint density at radius 3 is 1.51 bits per heavy atom. The molecule has 356 valence electrons. The van der Waals surface area contributed by atoms with Gasteiger partial charge in [-0.3, -0.25) is 9.59 Å². The highest BCUT2D eigenvalue weighted by molar-refractivity contribution is 7.03. The van der Waals surface area contributed by atoms with Crippen LogP contribution in [0.15, 0.2) is 209 Å². The molecule has 1 unspecified atom stereocenters. The summed E-state index contributed by atoms with van der Waals surface area (Å²) in [6.07, 6.45) is 3.28. The Hall–Kier alpha value is -9.01. The summed E-state index contributed by atoms with van der Waals surface area (Å²) in [5.41, 5.74) is 16.3. The molecule has 13 heteroatoms. The molecule has 0 saturated carbocycles. The van der Waals surface area contributed by atoms with E-state index in [1.54, 1.807) is 12.4 Å². The fourth-order valence-corrected chi connectivity index (χ4v) is 9.34. The Labute approximate surface area is 424 Å². The van der Waals surface area contributed by atoms with Crippen molar-refractivity contribution in [3.05, 3.63) is 243 Å². The quantitative estimate of drug-likeness (QED) is 0.0754. The van der Waals surface area contributed by atoms with Crippen molar-refractivity contribution in [2.45, 2.75) is 32.6 Å². The first kappa shape index (κ1) is 46.4. The number of hydrogen-bond donors (Lipinski definition) is 5. The molecule has 6 heterocycles. The number of nitrogens with one attached hydrogen (secondary N) is 5. The lowest BCUT2D eigenvalue weighted by molar-refractivity contribution is 0.552. The maximum absolute atomic E-state index is 12.4. The second-order valence-corrected chi connectivity index (χ2v) is 18.3. The summed E-state index contributed by atoms with van der Waals surface area (Å²) >= 11 is 1.36. The molecule has 6 aromatic carbocycles.